The summed E-state index contributed by atoms with van der Waals surface area (Å²) >= 11 is 6.69. The molecule has 11 heteroatoms. The summed E-state index contributed by atoms with van der Waals surface area (Å²) in [7, 11) is 3.60. The zero-order valence-electron chi connectivity index (χ0n) is 25.0. The predicted octanol–water partition coefficient (Wildman–Crippen LogP) is 4.78. The lowest BCUT2D eigenvalue weighted by Gasteiger charge is -2.24. The van der Waals surface area contributed by atoms with Crippen molar-refractivity contribution in [3.05, 3.63) is 113 Å². The van der Waals surface area contributed by atoms with Gasteiger partial charge < -0.3 is 25.3 Å². The highest BCUT2D eigenvalue weighted by Crippen LogP contribution is 2.30. The molecule has 0 spiro atoms. The quantitative estimate of drug-likeness (QED) is 0.218. The van der Waals surface area contributed by atoms with Gasteiger partial charge in [-0.15, -0.1) is 0 Å². The number of benzene rings is 3. The highest BCUT2D eigenvalue weighted by molar-refractivity contribution is 6.31. The van der Waals surface area contributed by atoms with Gasteiger partial charge in [0.25, 0.3) is 5.91 Å². The van der Waals surface area contributed by atoms with E-state index in [0.29, 0.717) is 23.0 Å². The number of anilines is 1. The molecular weight excluding hydrogens is 590 g/mol. The molecule has 0 bridgehead atoms. The van der Waals surface area contributed by atoms with Gasteiger partial charge in [-0.05, 0) is 64.2 Å². The van der Waals surface area contributed by atoms with Crippen molar-refractivity contribution in [3.8, 4) is 22.4 Å². The van der Waals surface area contributed by atoms with Crippen LogP contribution in [0.25, 0.3) is 22.4 Å². The lowest BCUT2D eigenvalue weighted by molar-refractivity contribution is -0.118. The number of carbonyl (C=O) groups is 2. The van der Waals surface area contributed by atoms with Gasteiger partial charge in [0.15, 0.2) is 0 Å². The Morgan fingerprint density at radius 1 is 1.04 bits per heavy atom. The first-order valence-electron chi connectivity index (χ1n) is 14.7. The fourth-order valence-corrected chi connectivity index (χ4v) is 5.65. The number of rotatable bonds is 9. The van der Waals surface area contributed by atoms with E-state index in [1.165, 1.54) is 10.9 Å². The molecule has 3 N–H and O–H groups in total. The van der Waals surface area contributed by atoms with Gasteiger partial charge in [0.05, 0.1) is 30.9 Å². The summed E-state index contributed by atoms with van der Waals surface area (Å²) in [6, 6.07) is 22.2. The molecule has 1 aliphatic rings. The van der Waals surface area contributed by atoms with Crippen molar-refractivity contribution in [2.24, 2.45) is 14.1 Å². The maximum Gasteiger partial charge on any atom is 0.270 e. The first-order chi connectivity index (χ1) is 21.9. The summed E-state index contributed by atoms with van der Waals surface area (Å²) in [5.74, 6) is -0.785. The second kappa shape index (κ2) is 13.5. The van der Waals surface area contributed by atoms with Gasteiger partial charge >= 0.3 is 0 Å². The molecule has 1 aliphatic heterocycles. The van der Waals surface area contributed by atoms with E-state index in [1.54, 1.807) is 25.6 Å². The van der Waals surface area contributed by atoms with Crippen molar-refractivity contribution in [1.82, 2.24) is 30.0 Å². The van der Waals surface area contributed by atoms with E-state index in [2.05, 4.69) is 38.2 Å². The van der Waals surface area contributed by atoms with Gasteiger partial charge in [-0.2, -0.15) is 5.10 Å². The van der Waals surface area contributed by atoms with Crippen LogP contribution in [0.3, 0.4) is 0 Å². The van der Waals surface area contributed by atoms with E-state index in [-0.39, 0.29) is 18.4 Å². The Morgan fingerprint density at radius 2 is 1.84 bits per heavy atom. The number of halogens is 1. The summed E-state index contributed by atoms with van der Waals surface area (Å²) in [6.07, 6.45) is 5.22. The van der Waals surface area contributed by atoms with Crippen LogP contribution in [-0.2, 0) is 30.0 Å². The first-order valence-corrected chi connectivity index (χ1v) is 15.1. The predicted molar refractivity (Wildman–Crippen MR) is 174 cm³/mol. The zero-order valence-corrected chi connectivity index (χ0v) is 25.8. The molecule has 230 valence electrons. The fourth-order valence-electron chi connectivity index (χ4n) is 5.46. The van der Waals surface area contributed by atoms with Crippen LogP contribution in [0.1, 0.15) is 27.7 Å². The topological polar surface area (TPSA) is 115 Å². The standard InChI is InChI=1S/C34H34ClN7O3/c1-41-21-37-19-31(41)22-6-9-27(10-7-22)39-33(43)29(40-34(44)30-12-13-38-42(30)2)18-26-17-24(8-11-28(26)35)23-4-3-5-25(16-23)32-20-36-14-15-45-32/h3-13,16-17,19,21,29,32,36H,14-15,18,20H2,1-2H3,(H,39,43)(H,40,44)/t29-,32+/m0/s1. The molecule has 0 aliphatic carbocycles. The lowest BCUT2D eigenvalue weighted by Crippen LogP contribution is -2.45. The molecule has 2 aromatic heterocycles. The highest BCUT2D eigenvalue weighted by Gasteiger charge is 2.25. The van der Waals surface area contributed by atoms with Crippen molar-refractivity contribution >= 4 is 29.1 Å². The monoisotopic (exact) mass is 623 g/mol. The highest BCUT2D eigenvalue weighted by atomic mass is 35.5. The molecule has 3 aromatic carbocycles. The molecule has 0 unspecified atom stereocenters. The van der Waals surface area contributed by atoms with Crippen molar-refractivity contribution in [1.29, 1.82) is 0 Å². The number of ether oxygens (including phenoxy) is 1. The van der Waals surface area contributed by atoms with Gasteiger partial charge in [0.2, 0.25) is 5.91 Å². The summed E-state index contributed by atoms with van der Waals surface area (Å²) in [6.45, 7) is 2.27. The largest absolute Gasteiger partial charge is 0.371 e. The Bertz CT molecular complexity index is 1810. The Hall–Kier alpha value is -4.77. The van der Waals surface area contributed by atoms with Crippen LogP contribution in [0.4, 0.5) is 5.69 Å². The first kappa shape index (κ1) is 30.3. The van der Waals surface area contributed by atoms with Crippen molar-refractivity contribution in [2.45, 2.75) is 18.6 Å². The molecule has 2 amide bonds. The number of imidazole rings is 1. The second-order valence-electron chi connectivity index (χ2n) is 11.0. The van der Waals surface area contributed by atoms with Crippen molar-refractivity contribution < 1.29 is 14.3 Å². The molecule has 1 saturated heterocycles. The Balaban J connectivity index is 1.25. The van der Waals surface area contributed by atoms with Crippen LogP contribution < -0.4 is 16.0 Å². The molecule has 10 nitrogen and oxygen atoms in total. The van der Waals surface area contributed by atoms with Gasteiger partial charge in [-0.25, -0.2) is 4.98 Å². The van der Waals surface area contributed by atoms with E-state index in [9.17, 15) is 9.59 Å². The molecule has 2 atom stereocenters. The number of aromatic nitrogens is 4. The van der Waals surface area contributed by atoms with Gasteiger partial charge in [-0.3, -0.25) is 14.3 Å². The van der Waals surface area contributed by atoms with Crippen molar-refractivity contribution in [3.63, 3.8) is 0 Å². The summed E-state index contributed by atoms with van der Waals surface area (Å²) in [4.78, 5) is 31.2. The minimum absolute atomic E-state index is 0.0149. The molecule has 3 heterocycles. The summed E-state index contributed by atoms with van der Waals surface area (Å²) in [5, 5.41) is 13.8. The SMILES string of the molecule is Cn1cncc1-c1ccc(NC(=O)[C@H](Cc2cc(-c3cccc([C@H]4CNCCO4)c3)ccc2Cl)NC(=O)c2ccnn2C)cc1. The van der Waals surface area contributed by atoms with Gasteiger partial charge in [0.1, 0.15) is 11.7 Å². The maximum absolute atomic E-state index is 13.7. The normalized spacial score (nSPS) is 15.4. The molecule has 1 fully saturated rings. The van der Waals surface area contributed by atoms with Crippen LogP contribution in [0.5, 0.6) is 0 Å². The molecule has 6 rings (SSSR count). The van der Waals surface area contributed by atoms with Crippen LogP contribution in [0.2, 0.25) is 5.02 Å². The van der Waals surface area contributed by atoms with E-state index in [1.807, 2.05) is 66.2 Å². The third kappa shape index (κ3) is 6.99. The molecule has 45 heavy (non-hydrogen) atoms. The van der Waals surface area contributed by atoms with Gasteiger partial charge in [-0.1, -0.05) is 48.0 Å². The Morgan fingerprint density at radius 3 is 2.56 bits per heavy atom. The third-order valence-corrected chi connectivity index (χ3v) is 8.30. The summed E-state index contributed by atoms with van der Waals surface area (Å²) < 4.78 is 9.34. The maximum atomic E-state index is 13.7. The Labute approximate surface area is 266 Å². The molecular formula is C34H34ClN7O3. The summed E-state index contributed by atoms with van der Waals surface area (Å²) in [5.41, 5.74) is 6.63. The van der Waals surface area contributed by atoms with Crippen LogP contribution >= 0.6 is 11.6 Å². The average Bonchev–Trinajstić information content (AvgIpc) is 3.70. The minimum atomic E-state index is -0.926. The van der Waals surface area contributed by atoms with E-state index in [4.69, 9.17) is 16.3 Å². The van der Waals surface area contributed by atoms with E-state index in [0.717, 1.165) is 46.6 Å². The zero-order chi connectivity index (χ0) is 31.3. The second-order valence-corrected chi connectivity index (χ2v) is 11.4. The Kier molecular flexibility index (Phi) is 9.06. The number of morpholine rings is 1. The molecule has 0 saturated carbocycles. The number of hydrogen-bond acceptors (Lipinski definition) is 6. The minimum Gasteiger partial charge on any atom is -0.371 e. The number of hydrogen-bond donors (Lipinski definition) is 3. The number of nitrogens with one attached hydrogen (secondary N) is 3. The molecule has 0 radical (unpaired) electrons. The third-order valence-electron chi connectivity index (χ3n) is 7.93. The van der Waals surface area contributed by atoms with Crippen LogP contribution in [0.15, 0.2) is 91.5 Å². The number of carbonyl (C=O) groups excluding carboxylic acids is 2. The van der Waals surface area contributed by atoms with E-state index < -0.39 is 11.9 Å². The number of amides is 2. The van der Waals surface area contributed by atoms with Crippen molar-refractivity contribution in [2.75, 3.05) is 25.0 Å². The lowest BCUT2D eigenvalue weighted by atomic mass is 9.96. The van der Waals surface area contributed by atoms with Crippen LogP contribution in [-0.4, -0.2) is 56.9 Å². The van der Waals surface area contributed by atoms with Crippen LogP contribution in [0, 0.1) is 0 Å². The average molecular weight is 624 g/mol. The van der Waals surface area contributed by atoms with Gasteiger partial charge in [0, 0.05) is 50.5 Å². The molecule has 5 aromatic rings. The fraction of sp³-hybridized carbons (Fsp3) is 0.235. The van der Waals surface area contributed by atoms with E-state index >= 15 is 0 Å². The number of aryl methyl sites for hydroxylation is 2. The number of nitrogens with zero attached hydrogens (tertiary/aromatic N) is 4. The smallest absolute Gasteiger partial charge is 0.270 e.